The van der Waals surface area contributed by atoms with Gasteiger partial charge in [0.2, 0.25) is 0 Å². The van der Waals surface area contributed by atoms with Crippen LogP contribution in [0.25, 0.3) is 0 Å². The summed E-state index contributed by atoms with van der Waals surface area (Å²) in [6.07, 6.45) is 0. The number of carbonyl (C=O) groups is 3. The fourth-order valence-electron chi connectivity index (χ4n) is 1.95. The number of nitrogens with one attached hydrogen (secondary N) is 1. The fraction of sp³-hybridized carbons (Fsp3) is 0. The van der Waals surface area contributed by atoms with E-state index >= 15 is 0 Å². The molecular weight excluding hydrogens is 272 g/mol. The predicted molar refractivity (Wildman–Crippen MR) is 74.0 cm³/mol. The smallest absolute Gasteiger partial charge is 0.336 e. The number of anilines is 1. The number of carbonyl (C=O) groups excluding carboxylic acids is 3. The largest absolute Gasteiger partial charge is 0.457 e. The molecule has 1 N–H and O–H groups in total. The summed E-state index contributed by atoms with van der Waals surface area (Å²) in [7, 11) is 0. The van der Waals surface area contributed by atoms with E-state index < -0.39 is 17.8 Å². The second kappa shape index (κ2) is 5.09. The molecule has 2 aromatic carbocycles. The van der Waals surface area contributed by atoms with Gasteiger partial charge in [-0.15, -0.1) is 0 Å². The molecule has 6 heteroatoms. The minimum absolute atomic E-state index is 0.275. The highest BCUT2D eigenvalue weighted by atomic mass is 16.5. The average molecular weight is 282 g/mol. The van der Waals surface area contributed by atoms with Gasteiger partial charge in [0.1, 0.15) is 11.5 Å². The average Bonchev–Trinajstić information content (AvgIpc) is 2.73. The quantitative estimate of drug-likeness (QED) is 0.690. The van der Waals surface area contributed by atoms with Crippen molar-refractivity contribution in [3.63, 3.8) is 0 Å². The van der Waals surface area contributed by atoms with E-state index in [1.807, 2.05) is 23.5 Å². The Morgan fingerprint density at radius 3 is 2.24 bits per heavy atom. The van der Waals surface area contributed by atoms with Crippen molar-refractivity contribution in [2.24, 2.45) is 0 Å². The van der Waals surface area contributed by atoms with Crippen molar-refractivity contribution >= 4 is 23.5 Å². The standard InChI is InChI=1S/C15H10N2O4/c18-13-14(19)17(15(20)16-13)10-5-4-8-12(9-10)21-11-6-2-1-3-7-11/h1-9H,(H,16,18,20). The Morgan fingerprint density at radius 2 is 1.57 bits per heavy atom. The van der Waals surface area contributed by atoms with Gasteiger partial charge >= 0.3 is 17.8 Å². The molecule has 1 aliphatic heterocycles. The van der Waals surface area contributed by atoms with Crippen LogP contribution in [0.4, 0.5) is 10.5 Å². The number of hydrogen-bond donors (Lipinski definition) is 1. The first kappa shape index (κ1) is 12.9. The monoisotopic (exact) mass is 282 g/mol. The molecule has 1 saturated heterocycles. The Morgan fingerprint density at radius 1 is 0.857 bits per heavy atom. The Labute approximate surface area is 119 Å². The summed E-state index contributed by atoms with van der Waals surface area (Å²) in [5.74, 6) is -0.757. The molecule has 2 aromatic rings. The number of para-hydroxylation sites is 1. The summed E-state index contributed by atoms with van der Waals surface area (Å²) in [5.41, 5.74) is 0.275. The number of amides is 4. The van der Waals surface area contributed by atoms with Crippen LogP contribution >= 0.6 is 0 Å². The molecule has 1 aliphatic rings. The Hall–Kier alpha value is -3.15. The Balaban J connectivity index is 1.89. The molecule has 21 heavy (non-hydrogen) atoms. The predicted octanol–water partition coefficient (Wildman–Crippen LogP) is 2.06. The molecule has 0 saturated carbocycles. The van der Waals surface area contributed by atoms with E-state index in [9.17, 15) is 14.4 Å². The minimum atomic E-state index is -0.936. The van der Waals surface area contributed by atoms with Gasteiger partial charge < -0.3 is 4.74 Å². The van der Waals surface area contributed by atoms with Crippen LogP contribution in [0, 0.1) is 0 Å². The fourth-order valence-corrected chi connectivity index (χ4v) is 1.95. The molecule has 3 rings (SSSR count). The highest BCUT2D eigenvalue weighted by molar-refractivity contribution is 6.53. The molecule has 0 atom stereocenters. The van der Waals surface area contributed by atoms with Crippen LogP contribution in [0.5, 0.6) is 11.5 Å². The molecule has 0 spiro atoms. The number of rotatable bonds is 3. The first-order valence-electron chi connectivity index (χ1n) is 6.17. The number of urea groups is 1. The maximum absolute atomic E-state index is 11.6. The number of nitrogens with zero attached hydrogens (tertiary/aromatic N) is 1. The minimum Gasteiger partial charge on any atom is -0.457 e. The molecule has 0 bridgehead atoms. The van der Waals surface area contributed by atoms with Gasteiger partial charge in [-0.2, -0.15) is 0 Å². The van der Waals surface area contributed by atoms with E-state index in [1.54, 1.807) is 30.3 Å². The zero-order valence-corrected chi connectivity index (χ0v) is 10.8. The zero-order chi connectivity index (χ0) is 14.8. The highest BCUT2D eigenvalue weighted by Gasteiger charge is 2.38. The Kier molecular flexibility index (Phi) is 3.12. The topological polar surface area (TPSA) is 75.7 Å². The number of hydrogen-bond acceptors (Lipinski definition) is 4. The number of imide groups is 2. The van der Waals surface area contributed by atoms with Gasteiger partial charge in [-0.25, -0.2) is 9.69 Å². The van der Waals surface area contributed by atoms with Crippen LogP contribution in [0.15, 0.2) is 54.6 Å². The third-order valence-electron chi connectivity index (χ3n) is 2.88. The lowest BCUT2D eigenvalue weighted by molar-refractivity contribution is -0.134. The first-order chi connectivity index (χ1) is 10.1. The second-order valence-corrected chi connectivity index (χ2v) is 4.31. The third-order valence-corrected chi connectivity index (χ3v) is 2.88. The van der Waals surface area contributed by atoms with Gasteiger partial charge in [0.25, 0.3) is 0 Å². The van der Waals surface area contributed by atoms with E-state index in [0.717, 1.165) is 4.90 Å². The van der Waals surface area contributed by atoms with Crippen LogP contribution in [-0.4, -0.2) is 17.8 Å². The van der Waals surface area contributed by atoms with Crippen molar-refractivity contribution in [1.29, 1.82) is 0 Å². The molecular formula is C15H10N2O4. The van der Waals surface area contributed by atoms with Crippen LogP contribution in [0.2, 0.25) is 0 Å². The van der Waals surface area contributed by atoms with Crippen molar-refractivity contribution in [3.05, 3.63) is 54.6 Å². The molecule has 0 aromatic heterocycles. The van der Waals surface area contributed by atoms with E-state index in [-0.39, 0.29) is 5.69 Å². The SMILES string of the molecule is O=C1NC(=O)N(c2cccc(Oc3ccccc3)c2)C1=O. The van der Waals surface area contributed by atoms with Crippen molar-refractivity contribution < 1.29 is 19.1 Å². The van der Waals surface area contributed by atoms with Crippen molar-refractivity contribution in [1.82, 2.24) is 5.32 Å². The van der Waals surface area contributed by atoms with E-state index in [2.05, 4.69) is 0 Å². The second-order valence-electron chi connectivity index (χ2n) is 4.31. The van der Waals surface area contributed by atoms with Gasteiger partial charge in [-0.1, -0.05) is 24.3 Å². The summed E-state index contributed by atoms with van der Waals surface area (Å²) in [6.45, 7) is 0. The maximum Gasteiger partial charge on any atom is 0.336 e. The molecule has 1 fully saturated rings. The summed E-state index contributed by atoms with van der Waals surface area (Å²) in [5, 5.41) is 1.94. The van der Waals surface area contributed by atoms with Crippen molar-refractivity contribution in [3.8, 4) is 11.5 Å². The van der Waals surface area contributed by atoms with Crippen molar-refractivity contribution in [2.75, 3.05) is 4.90 Å². The summed E-state index contributed by atoms with van der Waals surface area (Å²) in [4.78, 5) is 35.2. The molecule has 0 aliphatic carbocycles. The van der Waals surface area contributed by atoms with Crippen LogP contribution < -0.4 is 15.0 Å². The van der Waals surface area contributed by atoms with E-state index in [4.69, 9.17) is 4.74 Å². The third kappa shape index (κ3) is 2.46. The van der Waals surface area contributed by atoms with Gasteiger partial charge in [0.05, 0.1) is 5.69 Å². The van der Waals surface area contributed by atoms with Gasteiger partial charge in [-0.05, 0) is 24.3 Å². The van der Waals surface area contributed by atoms with Gasteiger partial charge in [0, 0.05) is 6.07 Å². The van der Waals surface area contributed by atoms with Crippen LogP contribution in [0.3, 0.4) is 0 Å². The molecule has 1 heterocycles. The number of ether oxygens (including phenoxy) is 1. The number of benzene rings is 2. The lowest BCUT2D eigenvalue weighted by atomic mass is 10.2. The molecule has 0 unspecified atom stereocenters. The lowest BCUT2D eigenvalue weighted by Crippen LogP contribution is -2.30. The first-order valence-corrected chi connectivity index (χ1v) is 6.17. The van der Waals surface area contributed by atoms with Gasteiger partial charge in [0.15, 0.2) is 0 Å². The zero-order valence-electron chi connectivity index (χ0n) is 10.8. The Bertz CT molecular complexity index is 727. The molecule has 104 valence electrons. The van der Waals surface area contributed by atoms with E-state index in [1.165, 1.54) is 6.07 Å². The van der Waals surface area contributed by atoms with E-state index in [0.29, 0.717) is 11.5 Å². The lowest BCUT2D eigenvalue weighted by Gasteiger charge is -2.13. The van der Waals surface area contributed by atoms with Gasteiger partial charge in [-0.3, -0.25) is 14.9 Å². The van der Waals surface area contributed by atoms with Crippen molar-refractivity contribution in [2.45, 2.75) is 0 Å². The summed E-state index contributed by atoms with van der Waals surface area (Å²) < 4.78 is 5.62. The molecule has 4 amide bonds. The highest BCUT2D eigenvalue weighted by Crippen LogP contribution is 2.26. The summed E-state index contributed by atoms with van der Waals surface area (Å²) in [6, 6.07) is 14.7. The maximum atomic E-state index is 11.6. The normalized spacial score (nSPS) is 14.3. The molecule has 6 nitrogen and oxygen atoms in total. The van der Waals surface area contributed by atoms with Crippen LogP contribution in [0.1, 0.15) is 0 Å². The summed E-state index contributed by atoms with van der Waals surface area (Å²) >= 11 is 0. The van der Waals surface area contributed by atoms with Crippen LogP contribution in [-0.2, 0) is 9.59 Å². The molecule has 0 radical (unpaired) electrons.